The van der Waals surface area contributed by atoms with Crippen molar-refractivity contribution in [1.29, 1.82) is 0 Å². The summed E-state index contributed by atoms with van der Waals surface area (Å²) < 4.78 is 10.5. The maximum absolute atomic E-state index is 12.3. The van der Waals surface area contributed by atoms with Gasteiger partial charge in [-0.2, -0.15) is 4.98 Å². The second-order valence-electron chi connectivity index (χ2n) is 7.78. The standard InChI is InChI=1S/C22H24N4O4/c1-22(2,3)21(28)24-17-9-4-7-15(13-17)20(27)29-12-6-10-18-25-19(26-30-18)16-8-5-11-23-14-16/h4-5,7-9,11,13-14H,6,10,12H2,1-3H3,(H,24,28). The summed E-state index contributed by atoms with van der Waals surface area (Å²) in [7, 11) is 0. The molecule has 0 radical (unpaired) electrons. The number of rotatable bonds is 7. The molecular formula is C22H24N4O4. The minimum atomic E-state index is -0.526. The Morgan fingerprint density at radius 1 is 1.17 bits per heavy atom. The lowest BCUT2D eigenvalue weighted by atomic mass is 9.95. The Morgan fingerprint density at radius 2 is 2.00 bits per heavy atom. The van der Waals surface area contributed by atoms with Crippen molar-refractivity contribution in [3.63, 3.8) is 0 Å². The van der Waals surface area contributed by atoms with Crippen molar-refractivity contribution in [2.45, 2.75) is 33.6 Å². The topological polar surface area (TPSA) is 107 Å². The van der Waals surface area contributed by atoms with Crippen LogP contribution >= 0.6 is 0 Å². The van der Waals surface area contributed by atoms with Gasteiger partial charge in [0.25, 0.3) is 0 Å². The molecule has 3 rings (SSSR count). The van der Waals surface area contributed by atoms with Crippen LogP contribution < -0.4 is 5.32 Å². The second kappa shape index (κ2) is 9.30. The Bertz CT molecular complexity index is 1010. The summed E-state index contributed by atoms with van der Waals surface area (Å²) in [6.07, 6.45) is 4.37. The lowest BCUT2D eigenvalue weighted by molar-refractivity contribution is -0.123. The molecule has 0 atom stereocenters. The monoisotopic (exact) mass is 408 g/mol. The highest BCUT2D eigenvalue weighted by atomic mass is 16.5. The molecule has 0 bridgehead atoms. The van der Waals surface area contributed by atoms with Gasteiger partial charge in [-0.25, -0.2) is 4.79 Å². The van der Waals surface area contributed by atoms with Gasteiger partial charge in [0.1, 0.15) is 0 Å². The van der Waals surface area contributed by atoms with Gasteiger partial charge in [-0.1, -0.05) is 32.0 Å². The maximum atomic E-state index is 12.3. The summed E-state index contributed by atoms with van der Waals surface area (Å²) in [5.74, 6) is 0.364. The Labute approximate surface area is 174 Å². The van der Waals surface area contributed by atoms with Crippen LogP contribution in [0.2, 0.25) is 0 Å². The number of hydrogen-bond acceptors (Lipinski definition) is 7. The van der Waals surface area contributed by atoms with Gasteiger partial charge in [0.2, 0.25) is 17.6 Å². The van der Waals surface area contributed by atoms with E-state index in [0.717, 1.165) is 5.56 Å². The van der Waals surface area contributed by atoms with E-state index in [9.17, 15) is 9.59 Å². The van der Waals surface area contributed by atoms with Crippen LogP contribution in [0, 0.1) is 5.41 Å². The first-order chi connectivity index (χ1) is 14.3. The first kappa shape index (κ1) is 21.2. The van der Waals surface area contributed by atoms with E-state index in [0.29, 0.717) is 35.8 Å². The molecule has 2 heterocycles. The fourth-order valence-corrected chi connectivity index (χ4v) is 2.48. The molecule has 0 fully saturated rings. The fourth-order valence-electron chi connectivity index (χ4n) is 2.48. The zero-order chi connectivity index (χ0) is 21.6. The molecule has 2 aromatic heterocycles. The molecule has 0 saturated carbocycles. The van der Waals surface area contributed by atoms with Gasteiger partial charge in [-0.15, -0.1) is 0 Å². The van der Waals surface area contributed by atoms with E-state index in [-0.39, 0.29) is 12.5 Å². The minimum absolute atomic E-state index is 0.127. The van der Waals surface area contributed by atoms with Crippen LogP contribution in [0.5, 0.6) is 0 Å². The molecule has 0 aliphatic rings. The van der Waals surface area contributed by atoms with Crippen LogP contribution in [0.4, 0.5) is 5.69 Å². The molecule has 0 spiro atoms. The molecule has 0 saturated heterocycles. The summed E-state index contributed by atoms with van der Waals surface area (Å²) in [5, 5.41) is 6.73. The summed E-state index contributed by atoms with van der Waals surface area (Å²) in [5.41, 5.74) is 1.18. The van der Waals surface area contributed by atoms with Crippen molar-refractivity contribution in [2.75, 3.05) is 11.9 Å². The van der Waals surface area contributed by atoms with E-state index in [1.807, 2.05) is 26.8 Å². The Balaban J connectivity index is 1.48. The number of aryl methyl sites for hydroxylation is 1. The average molecular weight is 408 g/mol. The van der Waals surface area contributed by atoms with Gasteiger partial charge in [0, 0.05) is 35.5 Å². The lowest BCUT2D eigenvalue weighted by Gasteiger charge is -2.17. The molecule has 156 valence electrons. The second-order valence-corrected chi connectivity index (χ2v) is 7.78. The fraction of sp³-hybridized carbons (Fsp3) is 0.318. The van der Waals surface area contributed by atoms with Gasteiger partial charge < -0.3 is 14.6 Å². The number of carbonyl (C=O) groups is 2. The number of nitrogens with one attached hydrogen (secondary N) is 1. The van der Waals surface area contributed by atoms with Crippen LogP contribution in [-0.4, -0.2) is 33.6 Å². The third kappa shape index (κ3) is 5.73. The smallest absolute Gasteiger partial charge is 0.338 e. The number of amides is 1. The van der Waals surface area contributed by atoms with Crippen molar-refractivity contribution in [1.82, 2.24) is 15.1 Å². The maximum Gasteiger partial charge on any atom is 0.338 e. The van der Waals surface area contributed by atoms with Gasteiger partial charge in [-0.05, 0) is 36.8 Å². The first-order valence-electron chi connectivity index (χ1n) is 9.64. The number of pyridine rings is 1. The highest BCUT2D eigenvalue weighted by Gasteiger charge is 2.21. The van der Waals surface area contributed by atoms with Gasteiger partial charge in [0.05, 0.1) is 12.2 Å². The minimum Gasteiger partial charge on any atom is -0.462 e. The molecule has 3 aromatic rings. The number of aromatic nitrogens is 3. The van der Waals surface area contributed by atoms with Crippen LogP contribution in [0.25, 0.3) is 11.4 Å². The molecule has 1 amide bonds. The largest absolute Gasteiger partial charge is 0.462 e. The van der Waals surface area contributed by atoms with Crippen molar-refractivity contribution in [3.05, 3.63) is 60.2 Å². The third-order valence-electron chi connectivity index (χ3n) is 4.19. The molecule has 8 nitrogen and oxygen atoms in total. The highest BCUT2D eigenvalue weighted by molar-refractivity contribution is 5.96. The van der Waals surface area contributed by atoms with Crippen molar-refractivity contribution >= 4 is 17.6 Å². The van der Waals surface area contributed by atoms with Crippen LogP contribution in [0.15, 0.2) is 53.3 Å². The molecule has 0 unspecified atom stereocenters. The summed E-state index contributed by atoms with van der Waals surface area (Å²) in [6.45, 7) is 5.68. The third-order valence-corrected chi connectivity index (χ3v) is 4.19. The van der Waals surface area contributed by atoms with Gasteiger partial charge >= 0.3 is 5.97 Å². The molecule has 30 heavy (non-hydrogen) atoms. The van der Waals surface area contributed by atoms with Crippen molar-refractivity contribution in [3.8, 4) is 11.4 Å². The van der Waals surface area contributed by atoms with Crippen molar-refractivity contribution in [2.24, 2.45) is 5.41 Å². The number of esters is 1. The molecule has 1 aromatic carbocycles. The van der Waals surface area contributed by atoms with E-state index in [4.69, 9.17) is 9.26 Å². The Hall–Kier alpha value is -3.55. The number of ether oxygens (including phenoxy) is 1. The SMILES string of the molecule is CC(C)(C)C(=O)Nc1cccc(C(=O)OCCCc2nc(-c3cccnc3)no2)c1. The number of anilines is 1. The van der Waals surface area contributed by atoms with Gasteiger partial charge in [0.15, 0.2) is 0 Å². The quantitative estimate of drug-likeness (QED) is 0.466. The number of nitrogens with zero attached hydrogens (tertiary/aromatic N) is 3. The van der Waals surface area contributed by atoms with Crippen LogP contribution in [-0.2, 0) is 16.0 Å². The number of benzene rings is 1. The van der Waals surface area contributed by atoms with Crippen LogP contribution in [0.1, 0.15) is 43.4 Å². The zero-order valence-electron chi connectivity index (χ0n) is 17.2. The lowest BCUT2D eigenvalue weighted by Crippen LogP contribution is -2.27. The molecular weight excluding hydrogens is 384 g/mol. The van der Waals surface area contributed by atoms with Gasteiger partial charge in [-0.3, -0.25) is 9.78 Å². The number of carbonyl (C=O) groups excluding carboxylic acids is 2. The predicted octanol–water partition coefficient (Wildman–Crippen LogP) is 3.91. The first-order valence-corrected chi connectivity index (χ1v) is 9.64. The summed E-state index contributed by atoms with van der Waals surface area (Å²) >= 11 is 0. The zero-order valence-corrected chi connectivity index (χ0v) is 17.2. The summed E-state index contributed by atoms with van der Waals surface area (Å²) in [6, 6.07) is 10.3. The average Bonchev–Trinajstić information content (AvgIpc) is 3.20. The molecule has 0 aliphatic carbocycles. The van der Waals surface area contributed by atoms with E-state index in [1.54, 1.807) is 42.7 Å². The highest BCUT2D eigenvalue weighted by Crippen LogP contribution is 2.19. The van der Waals surface area contributed by atoms with Crippen molar-refractivity contribution < 1.29 is 18.8 Å². The number of hydrogen-bond donors (Lipinski definition) is 1. The summed E-state index contributed by atoms with van der Waals surface area (Å²) in [4.78, 5) is 32.7. The van der Waals surface area contributed by atoms with Crippen LogP contribution in [0.3, 0.4) is 0 Å². The molecule has 8 heteroatoms. The Morgan fingerprint density at radius 3 is 2.73 bits per heavy atom. The molecule has 0 aliphatic heterocycles. The van der Waals surface area contributed by atoms with E-state index < -0.39 is 11.4 Å². The molecule has 1 N–H and O–H groups in total. The van der Waals surface area contributed by atoms with E-state index in [1.165, 1.54) is 0 Å². The van der Waals surface area contributed by atoms with E-state index >= 15 is 0 Å². The Kier molecular flexibility index (Phi) is 6.56. The van der Waals surface area contributed by atoms with E-state index in [2.05, 4.69) is 20.4 Å². The normalized spacial score (nSPS) is 11.2. The predicted molar refractivity (Wildman–Crippen MR) is 111 cm³/mol.